The lowest BCUT2D eigenvalue weighted by Crippen LogP contribution is -2.39. The number of amides is 1. The van der Waals surface area contributed by atoms with E-state index in [1.807, 2.05) is 55.5 Å². The summed E-state index contributed by atoms with van der Waals surface area (Å²) in [7, 11) is 0. The van der Waals surface area contributed by atoms with E-state index < -0.39 is 24.7 Å². The van der Waals surface area contributed by atoms with E-state index in [4.69, 9.17) is 25.8 Å². The number of ether oxygens (including phenoxy) is 3. The summed E-state index contributed by atoms with van der Waals surface area (Å²) in [5.41, 5.74) is 5.38. The lowest BCUT2D eigenvalue weighted by Gasteiger charge is -2.18. The number of β-amino-alcohol motifs (C(OH)–C–C–N with tert-alkyl or cyclic N) is 1. The van der Waals surface area contributed by atoms with Crippen molar-refractivity contribution < 1.29 is 39.1 Å². The van der Waals surface area contributed by atoms with Gasteiger partial charge in [-0.1, -0.05) is 41.9 Å². The van der Waals surface area contributed by atoms with Gasteiger partial charge in [0, 0.05) is 49.2 Å². The summed E-state index contributed by atoms with van der Waals surface area (Å²) in [4.78, 5) is 29.6. The number of aliphatic hydroxyl groups is 2. The van der Waals surface area contributed by atoms with Gasteiger partial charge in [0.25, 0.3) is 0 Å². The van der Waals surface area contributed by atoms with E-state index in [2.05, 4.69) is 10.3 Å². The maximum absolute atomic E-state index is 12.4. The highest BCUT2D eigenvalue weighted by Crippen LogP contribution is 2.35. The first-order valence-electron chi connectivity index (χ1n) is 16.4. The summed E-state index contributed by atoms with van der Waals surface area (Å²) in [6, 6.07) is 19.3. The number of aromatic nitrogens is 1. The van der Waals surface area contributed by atoms with Crippen molar-refractivity contribution in [2.45, 2.75) is 51.7 Å². The highest BCUT2D eigenvalue weighted by atomic mass is 35.5. The lowest BCUT2D eigenvalue weighted by atomic mass is 9.96. The summed E-state index contributed by atoms with van der Waals surface area (Å²) in [6.07, 6.45) is 3.41. The van der Waals surface area contributed by atoms with Gasteiger partial charge >= 0.3 is 5.97 Å². The fraction of sp³-hybridized carbons (Fsp3) is 0.316. The Morgan fingerprint density at radius 3 is 2.61 bits per heavy atom. The molecule has 2 unspecified atom stereocenters. The number of aliphatic hydroxyl groups excluding tert-OH is 2. The first-order chi connectivity index (χ1) is 24.6. The second-order valence-electron chi connectivity index (χ2n) is 12.1. The zero-order valence-corrected chi connectivity index (χ0v) is 28.8. The molecule has 13 heteroatoms. The molecule has 1 aliphatic rings. The monoisotopic (exact) mass is 714 g/mol. The number of hydrogen-bond acceptors (Lipinski definition) is 10. The van der Waals surface area contributed by atoms with Crippen molar-refractivity contribution in [1.82, 2.24) is 15.2 Å². The van der Waals surface area contributed by atoms with Gasteiger partial charge in [-0.25, -0.2) is 0 Å². The first-order valence-corrected chi connectivity index (χ1v) is 16.8. The standard InChI is InChI=1S/C38H39ClN4O8/c1-24-28(5-3-7-32(24)27-4-2-6-31(13-27)49-11-9-37(46)43-10-8-30(45)20-43)23-51-36-15-35(50-22-26-12-25(16-40)17-41-18-26)29(14-33(36)39)19-42-34(21-44)38(47)48/h2-7,12-15,17-18,30,34,42,44-45H,8-11,19-23H2,1H3,(H,47,48). The van der Waals surface area contributed by atoms with Crippen molar-refractivity contribution >= 4 is 23.5 Å². The molecule has 0 spiro atoms. The van der Waals surface area contributed by atoms with Crippen LogP contribution in [-0.4, -0.2) is 75.5 Å². The van der Waals surface area contributed by atoms with Gasteiger partial charge in [0.1, 0.15) is 42.6 Å². The van der Waals surface area contributed by atoms with Crippen molar-refractivity contribution in [3.05, 3.63) is 106 Å². The fourth-order valence-corrected chi connectivity index (χ4v) is 5.90. The average molecular weight is 715 g/mol. The van der Waals surface area contributed by atoms with Crippen molar-refractivity contribution in [3.63, 3.8) is 0 Å². The molecule has 1 aliphatic heterocycles. The lowest BCUT2D eigenvalue weighted by molar-refractivity contribution is -0.140. The summed E-state index contributed by atoms with van der Waals surface area (Å²) < 4.78 is 18.2. The summed E-state index contributed by atoms with van der Waals surface area (Å²) in [5.74, 6) is 0.115. The van der Waals surface area contributed by atoms with Crippen LogP contribution in [0.25, 0.3) is 11.1 Å². The predicted molar refractivity (Wildman–Crippen MR) is 188 cm³/mol. The van der Waals surface area contributed by atoms with Crippen LogP contribution in [-0.2, 0) is 29.3 Å². The summed E-state index contributed by atoms with van der Waals surface area (Å²) in [6.45, 7) is 2.85. The molecule has 1 amide bonds. The Morgan fingerprint density at radius 2 is 1.86 bits per heavy atom. The van der Waals surface area contributed by atoms with E-state index in [9.17, 15) is 30.2 Å². The Labute approximate surface area is 300 Å². The van der Waals surface area contributed by atoms with E-state index in [0.29, 0.717) is 53.4 Å². The minimum atomic E-state index is -1.20. The SMILES string of the molecule is Cc1c(COc2cc(OCc3cncc(C#N)c3)c(CNC(CO)C(=O)O)cc2Cl)cccc1-c1cccc(OCCC(=O)N2CCC(O)C2)c1. The van der Waals surface area contributed by atoms with Crippen LogP contribution in [0.3, 0.4) is 0 Å². The average Bonchev–Trinajstić information content (AvgIpc) is 3.57. The van der Waals surface area contributed by atoms with Crippen molar-refractivity contribution in [1.29, 1.82) is 5.26 Å². The number of nitriles is 1. The molecule has 0 saturated carbocycles. The number of nitrogens with zero attached hydrogens (tertiary/aromatic N) is 3. The van der Waals surface area contributed by atoms with Gasteiger partial charge in [-0.3, -0.25) is 19.9 Å². The van der Waals surface area contributed by atoms with E-state index in [1.54, 1.807) is 29.3 Å². The quantitative estimate of drug-likeness (QED) is 0.127. The Morgan fingerprint density at radius 1 is 1.06 bits per heavy atom. The van der Waals surface area contributed by atoms with E-state index >= 15 is 0 Å². The molecule has 4 aromatic rings. The largest absolute Gasteiger partial charge is 0.493 e. The van der Waals surface area contributed by atoms with Crippen molar-refractivity contribution in [2.24, 2.45) is 0 Å². The van der Waals surface area contributed by atoms with Crippen molar-refractivity contribution in [2.75, 3.05) is 26.3 Å². The normalized spacial score (nSPS) is 14.5. The Hall–Kier alpha value is -5.19. The van der Waals surface area contributed by atoms with Gasteiger partial charge in [-0.2, -0.15) is 5.26 Å². The van der Waals surface area contributed by atoms with Gasteiger partial charge in [-0.05, 0) is 59.9 Å². The molecule has 1 aromatic heterocycles. The maximum Gasteiger partial charge on any atom is 0.323 e. The molecule has 2 heterocycles. The van der Waals surface area contributed by atoms with Crippen LogP contribution in [0.15, 0.2) is 73.1 Å². The summed E-state index contributed by atoms with van der Waals surface area (Å²) >= 11 is 6.66. The third-order valence-electron chi connectivity index (χ3n) is 8.53. The van der Waals surface area contributed by atoms with Crippen LogP contribution < -0.4 is 19.5 Å². The van der Waals surface area contributed by atoms with E-state index in [1.165, 1.54) is 6.20 Å². The third kappa shape index (κ3) is 9.96. The molecular formula is C38H39ClN4O8. The van der Waals surface area contributed by atoms with Gasteiger partial charge in [-0.15, -0.1) is 0 Å². The van der Waals surface area contributed by atoms with Crippen LogP contribution in [0.2, 0.25) is 5.02 Å². The zero-order valence-electron chi connectivity index (χ0n) is 28.0. The molecule has 51 heavy (non-hydrogen) atoms. The molecule has 0 radical (unpaired) electrons. The van der Waals surface area contributed by atoms with Crippen LogP contribution in [0.5, 0.6) is 17.2 Å². The van der Waals surface area contributed by atoms with Crippen molar-refractivity contribution in [3.8, 4) is 34.4 Å². The molecule has 0 aliphatic carbocycles. The zero-order chi connectivity index (χ0) is 36.3. The molecule has 1 fully saturated rings. The minimum Gasteiger partial charge on any atom is -0.493 e. The molecule has 4 N–H and O–H groups in total. The number of carboxylic acids is 1. The minimum absolute atomic E-state index is 0.0339. The number of hydrogen-bond donors (Lipinski definition) is 4. The highest BCUT2D eigenvalue weighted by Gasteiger charge is 2.24. The number of likely N-dealkylation sites (tertiary alicyclic amines) is 1. The number of nitrogens with one attached hydrogen (secondary N) is 1. The number of aliphatic carboxylic acids is 1. The van der Waals surface area contributed by atoms with E-state index in [0.717, 1.165) is 22.3 Å². The second kappa shape index (κ2) is 17.6. The molecule has 3 aromatic carbocycles. The second-order valence-corrected chi connectivity index (χ2v) is 12.5. The first kappa shape index (κ1) is 37.1. The van der Waals surface area contributed by atoms with Gasteiger partial charge in [0.2, 0.25) is 5.91 Å². The number of carbonyl (C=O) groups excluding carboxylic acids is 1. The number of benzene rings is 3. The smallest absolute Gasteiger partial charge is 0.323 e. The van der Waals surface area contributed by atoms with Gasteiger partial charge in [0.05, 0.1) is 36.3 Å². The van der Waals surface area contributed by atoms with Crippen LogP contribution in [0.1, 0.15) is 40.7 Å². The van der Waals surface area contributed by atoms with Gasteiger partial charge in [0.15, 0.2) is 0 Å². The Kier molecular flexibility index (Phi) is 12.8. The number of halogens is 1. The predicted octanol–water partition coefficient (Wildman–Crippen LogP) is 4.64. The molecule has 5 rings (SSSR count). The third-order valence-corrected chi connectivity index (χ3v) is 8.82. The molecular weight excluding hydrogens is 676 g/mol. The molecule has 2 atom stereocenters. The Balaban J connectivity index is 1.29. The highest BCUT2D eigenvalue weighted by molar-refractivity contribution is 6.32. The molecule has 0 bridgehead atoms. The topological polar surface area (TPSA) is 174 Å². The molecule has 266 valence electrons. The van der Waals surface area contributed by atoms with Crippen LogP contribution in [0.4, 0.5) is 0 Å². The number of carbonyl (C=O) groups is 2. The molecule has 12 nitrogen and oxygen atoms in total. The summed E-state index contributed by atoms with van der Waals surface area (Å²) in [5, 5.41) is 40.8. The number of pyridine rings is 1. The molecule has 1 saturated heterocycles. The maximum atomic E-state index is 12.4. The fourth-order valence-electron chi connectivity index (χ4n) is 5.66. The van der Waals surface area contributed by atoms with Crippen LogP contribution >= 0.6 is 11.6 Å². The number of rotatable bonds is 16. The van der Waals surface area contributed by atoms with E-state index in [-0.39, 0.29) is 43.7 Å². The number of carboxylic acid groups (broad SMARTS) is 1. The van der Waals surface area contributed by atoms with Crippen LogP contribution in [0, 0.1) is 18.3 Å². The Bertz CT molecular complexity index is 1900. The van der Waals surface area contributed by atoms with Gasteiger partial charge < -0.3 is 34.4 Å².